The molecule has 0 heterocycles. The molecule has 1 unspecified atom stereocenters. The molecule has 0 bridgehead atoms. The van der Waals surface area contributed by atoms with E-state index >= 15 is 0 Å². The van der Waals surface area contributed by atoms with Gasteiger partial charge in [-0.1, -0.05) is 24.3 Å². The van der Waals surface area contributed by atoms with Crippen molar-refractivity contribution in [1.29, 1.82) is 0 Å². The largest absolute Gasteiger partial charge is 0.481 e. The summed E-state index contributed by atoms with van der Waals surface area (Å²) in [6.07, 6.45) is 3.70. The Balaban J connectivity index is 2.00. The molecule has 1 aliphatic carbocycles. The van der Waals surface area contributed by atoms with Crippen LogP contribution in [0.25, 0.3) is 0 Å². The summed E-state index contributed by atoms with van der Waals surface area (Å²) in [5.74, 6) is -0.803. The predicted molar refractivity (Wildman–Crippen MR) is 72.9 cm³/mol. The number of rotatable bonds is 7. The molecule has 1 aliphatic rings. The highest BCUT2D eigenvalue weighted by Gasteiger charge is 2.42. The second kappa shape index (κ2) is 5.72. The van der Waals surface area contributed by atoms with Crippen molar-refractivity contribution in [2.75, 3.05) is 7.11 Å². The van der Waals surface area contributed by atoms with Gasteiger partial charge in [0.1, 0.15) is 0 Å². The lowest BCUT2D eigenvalue weighted by Crippen LogP contribution is -2.16. The molecule has 0 saturated heterocycles. The molecule has 0 aromatic heterocycles. The van der Waals surface area contributed by atoms with Crippen LogP contribution in [0.5, 0.6) is 0 Å². The summed E-state index contributed by atoms with van der Waals surface area (Å²) in [6, 6.07) is 7.88. The number of carboxylic acid groups (broad SMARTS) is 1. The molecule has 4 heteroatoms. The molecule has 0 radical (unpaired) electrons. The fraction of sp³-hybridized carbons (Fsp3) is 0.533. The Kier molecular flexibility index (Phi) is 4.22. The molecule has 0 aliphatic heterocycles. The zero-order valence-electron chi connectivity index (χ0n) is 11.3. The molecule has 3 N–H and O–H groups in total. The first-order chi connectivity index (χ1) is 9.04. The van der Waals surface area contributed by atoms with Crippen molar-refractivity contribution in [2.45, 2.75) is 43.7 Å². The van der Waals surface area contributed by atoms with Gasteiger partial charge in [0.2, 0.25) is 0 Å². The maximum atomic E-state index is 10.6. The van der Waals surface area contributed by atoms with Crippen LogP contribution in [-0.2, 0) is 16.0 Å². The molecule has 104 valence electrons. The predicted octanol–water partition coefficient (Wildman–Crippen LogP) is 2.27. The summed E-state index contributed by atoms with van der Waals surface area (Å²) in [5, 5.41) is 8.68. The number of carbonyl (C=O) groups is 1. The van der Waals surface area contributed by atoms with Crippen molar-refractivity contribution in [3.05, 3.63) is 35.4 Å². The van der Waals surface area contributed by atoms with E-state index in [2.05, 4.69) is 12.1 Å². The third kappa shape index (κ3) is 3.78. The summed E-state index contributed by atoms with van der Waals surface area (Å²) < 4.78 is 5.52. The van der Waals surface area contributed by atoms with E-state index in [1.54, 1.807) is 7.11 Å². The molecular weight excluding hydrogens is 242 g/mol. The van der Waals surface area contributed by atoms with Crippen molar-refractivity contribution < 1.29 is 14.6 Å². The summed E-state index contributed by atoms with van der Waals surface area (Å²) in [6.45, 7) is 0. The number of aliphatic carboxylic acids is 1. The summed E-state index contributed by atoms with van der Waals surface area (Å²) >= 11 is 0. The Morgan fingerprint density at radius 1 is 1.53 bits per heavy atom. The first-order valence-corrected chi connectivity index (χ1v) is 6.66. The minimum atomic E-state index is -0.803. The zero-order chi connectivity index (χ0) is 13.9. The van der Waals surface area contributed by atoms with Gasteiger partial charge < -0.3 is 15.6 Å². The third-order valence-electron chi connectivity index (χ3n) is 3.82. The van der Waals surface area contributed by atoms with Crippen LogP contribution >= 0.6 is 0 Å². The molecule has 0 amide bonds. The van der Waals surface area contributed by atoms with E-state index in [4.69, 9.17) is 15.6 Å². The van der Waals surface area contributed by atoms with Crippen LogP contribution in [0.4, 0.5) is 0 Å². The first-order valence-electron chi connectivity index (χ1n) is 6.66. The van der Waals surface area contributed by atoms with E-state index in [-0.39, 0.29) is 18.1 Å². The van der Waals surface area contributed by atoms with Crippen LogP contribution in [0.3, 0.4) is 0 Å². The van der Waals surface area contributed by atoms with E-state index in [1.165, 1.54) is 5.56 Å². The standard InChI is InChI=1S/C15H21NO3/c1-19-15(7-8-15)10-11-3-2-4-12(9-11)13(16)5-6-14(17)18/h2-4,9,13H,5-8,10,16H2,1H3,(H,17,18). The van der Waals surface area contributed by atoms with Gasteiger partial charge in [0.15, 0.2) is 0 Å². The quantitative estimate of drug-likeness (QED) is 0.791. The average molecular weight is 263 g/mol. The number of carboxylic acids is 1. The smallest absolute Gasteiger partial charge is 0.303 e. The Bertz CT molecular complexity index is 454. The number of hydrogen-bond acceptors (Lipinski definition) is 3. The zero-order valence-corrected chi connectivity index (χ0v) is 11.3. The van der Waals surface area contributed by atoms with Crippen LogP contribution in [0, 0.1) is 0 Å². The molecule has 2 rings (SSSR count). The van der Waals surface area contributed by atoms with Gasteiger partial charge in [0.25, 0.3) is 0 Å². The van der Waals surface area contributed by atoms with Gasteiger partial charge in [0.05, 0.1) is 5.60 Å². The number of methoxy groups -OCH3 is 1. The van der Waals surface area contributed by atoms with Gasteiger partial charge in [-0.3, -0.25) is 4.79 Å². The molecule has 4 nitrogen and oxygen atoms in total. The number of hydrogen-bond donors (Lipinski definition) is 2. The minimum Gasteiger partial charge on any atom is -0.481 e. The first kappa shape index (κ1) is 14.0. The number of nitrogens with two attached hydrogens (primary N) is 1. The number of ether oxygens (including phenoxy) is 1. The summed E-state index contributed by atoms with van der Waals surface area (Å²) in [4.78, 5) is 10.6. The Hall–Kier alpha value is -1.39. The van der Waals surface area contributed by atoms with Crippen LogP contribution in [0.15, 0.2) is 24.3 Å². The van der Waals surface area contributed by atoms with E-state index in [0.29, 0.717) is 6.42 Å². The molecule has 1 aromatic rings. The summed E-state index contributed by atoms with van der Waals surface area (Å²) in [7, 11) is 1.76. The van der Waals surface area contributed by atoms with Crippen molar-refractivity contribution in [1.82, 2.24) is 0 Å². The monoisotopic (exact) mass is 263 g/mol. The van der Waals surface area contributed by atoms with Gasteiger partial charge in [0, 0.05) is 26.0 Å². The van der Waals surface area contributed by atoms with Crippen LogP contribution in [0.1, 0.15) is 42.9 Å². The summed E-state index contributed by atoms with van der Waals surface area (Å²) in [5.41, 5.74) is 8.28. The highest BCUT2D eigenvalue weighted by molar-refractivity contribution is 5.66. The van der Waals surface area contributed by atoms with Gasteiger partial charge in [-0.25, -0.2) is 0 Å². The Morgan fingerprint density at radius 2 is 2.26 bits per heavy atom. The Labute approximate surface area is 113 Å². The second-order valence-electron chi connectivity index (χ2n) is 5.35. The molecule has 1 atom stereocenters. The maximum Gasteiger partial charge on any atom is 0.303 e. The molecule has 1 saturated carbocycles. The van der Waals surface area contributed by atoms with Gasteiger partial charge in [-0.05, 0) is 30.4 Å². The molecule has 19 heavy (non-hydrogen) atoms. The fourth-order valence-electron chi connectivity index (χ4n) is 2.34. The SMILES string of the molecule is COC1(Cc2cccc(C(N)CCC(=O)O)c2)CC1. The van der Waals surface area contributed by atoms with Crippen molar-refractivity contribution in [3.8, 4) is 0 Å². The second-order valence-corrected chi connectivity index (χ2v) is 5.35. The van der Waals surface area contributed by atoms with E-state index in [9.17, 15) is 4.79 Å². The van der Waals surface area contributed by atoms with Crippen LogP contribution in [0.2, 0.25) is 0 Å². The topological polar surface area (TPSA) is 72.5 Å². The van der Waals surface area contributed by atoms with Crippen LogP contribution < -0.4 is 5.73 Å². The normalized spacial score (nSPS) is 18.0. The van der Waals surface area contributed by atoms with Gasteiger partial charge >= 0.3 is 5.97 Å². The number of benzene rings is 1. The molecule has 1 aromatic carbocycles. The molecular formula is C15H21NO3. The highest BCUT2D eigenvalue weighted by Crippen LogP contribution is 2.42. The maximum absolute atomic E-state index is 10.6. The van der Waals surface area contributed by atoms with E-state index in [1.807, 2.05) is 12.1 Å². The lowest BCUT2D eigenvalue weighted by atomic mass is 9.98. The van der Waals surface area contributed by atoms with Crippen LogP contribution in [-0.4, -0.2) is 23.8 Å². The highest BCUT2D eigenvalue weighted by atomic mass is 16.5. The van der Waals surface area contributed by atoms with Crippen molar-refractivity contribution >= 4 is 5.97 Å². The Morgan fingerprint density at radius 3 is 2.84 bits per heavy atom. The van der Waals surface area contributed by atoms with Gasteiger partial charge in [-0.15, -0.1) is 0 Å². The van der Waals surface area contributed by atoms with E-state index < -0.39 is 5.97 Å². The molecule has 1 fully saturated rings. The molecule has 0 spiro atoms. The minimum absolute atomic E-state index is 0.0315. The lowest BCUT2D eigenvalue weighted by Gasteiger charge is -2.16. The lowest BCUT2D eigenvalue weighted by molar-refractivity contribution is -0.137. The third-order valence-corrected chi connectivity index (χ3v) is 3.82. The van der Waals surface area contributed by atoms with Crippen molar-refractivity contribution in [3.63, 3.8) is 0 Å². The van der Waals surface area contributed by atoms with Gasteiger partial charge in [-0.2, -0.15) is 0 Å². The van der Waals surface area contributed by atoms with Crippen molar-refractivity contribution in [2.24, 2.45) is 5.73 Å². The fourth-order valence-corrected chi connectivity index (χ4v) is 2.34. The average Bonchev–Trinajstić information content (AvgIpc) is 3.16. The van der Waals surface area contributed by atoms with E-state index in [0.717, 1.165) is 24.8 Å².